The first-order chi connectivity index (χ1) is 8.61. The molecule has 2 aromatic carbocycles. The van der Waals surface area contributed by atoms with E-state index in [-0.39, 0.29) is 5.91 Å². The van der Waals surface area contributed by atoms with Crippen LogP contribution in [-0.4, -0.2) is 5.91 Å². The molecule has 2 rings (SSSR count). The number of carbonyl (C=O) groups excluding carboxylic acids is 1. The summed E-state index contributed by atoms with van der Waals surface area (Å²) in [6.45, 7) is 1.31. The second-order valence-corrected chi connectivity index (χ2v) is 5.20. The number of hydrogen-bond donors (Lipinski definition) is 1. The normalized spacial score (nSPS) is 8.94. The minimum Gasteiger partial charge on any atom is -0.370 e. The Kier molecular flexibility index (Phi) is 5.75. The maximum atomic E-state index is 12.0. The van der Waals surface area contributed by atoms with E-state index < -0.39 is 7.80 Å². The molecule has 0 aliphatic rings. The van der Waals surface area contributed by atoms with Crippen LogP contribution in [0.15, 0.2) is 60.7 Å². The molecule has 18 heavy (non-hydrogen) atoms. The van der Waals surface area contributed by atoms with Gasteiger partial charge in [-0.15, -0.1) is 0 Å². The van der Waals surface area contributed by atoms with E-state index in [1.54, 1.807) is 0 Å². The van der Waals surface area contributed by atoms with Crippen LogP contribution in [-0.2, 0) is 9.36 Å². The van der Waals surface area contributed by atoms with Crippen LogP contribution >= 0.6 is 7.80 Å². The number of benzene rings is 2. The smallest absolute Gasteiger partial charge is 0.370 e. The van der Waals surface area contributed by atoms with Gasteiger partial charge < -0.3 is 5.73 Å². The Labute approximate surface area is 107 Å². The van der Waals surface area contributed by atoms with E-state index in [0.717, 1.165) is 10.6 Å². The monoisotopic (exact) mass is 260 g/mol. The third-order valence-electron chi connectivity index (χ3n) is 1.98. The van der Waals surface area contributed by atoms with Crippen LogP contribution in [0.4, 0.5) is 0 Å². The van der Waals surface area contributed by atoms with E-state index in [1.165, 1.54) is 6.92 Å². The summed E-state index contributed by atoms with van der Waals surface area (Å²) in [5.74, 6) is -0.333. The Morgan fingerprint density at radius 1 is 0.889 bits per heavy atom. The van der Waals surface area contributed by atoms with Gasteiger partial charge in [-0.2, -0.15) is 0 Å². The third-order valence-corrected chi connectivity index (χ3v) is 3.52. The van der Waals surface area contributed by atoms with Crippen LogP contribution in [0.1, 0.15) is 6.92 Å². The number of amides is 1. The maximum Gasteiger partial charge on any atom is 0.415 e. The van der Waals surface area contributed by atoms with E-state index in [4.69, 9.17) is 0 Å². The summed E-state index contributed by atoms with van der Waals surface area (Å²) in [6.07, 6.45) is 0. The predicted octanol–water partition coefficient (Wildman–Crippen LogP) is 1.96. The van der Waals surface area contributed by atoms with Crippen molar-refractivity contribution < 1.29 is 9.36 Å². The van der Waals surface area contributed by atoms with Gasteiger partial charge in [0, 0.05) is 6.92 Å². The summed E-state index contributed by atoms with van der Waals surface area (Å²) in [4.78, 5) is 9.22. The first-order valence-electron chi connectivity index (χ1n) is 5.44. The molecule has 0 fully saturated rings. The molecule has 0 aliphatic heterocycles. The summed E-state index contributed by atoms with van der Waals surface area (Å²) in [6, 6.07) is 19.1. The quantitative estimate of drug-likeness (QED) is 0.839. The summed E-state index contributed by atoms with van der Waals surface area (Å²) in [5, 5.41) is 1.77. The molecule has 92 valence electrons. The van der Waals surface area contributed by atoms with E-state index in [1.807, 2.05) is 60.7 Å². The van der Waals surface area contributed by atoms with E-state index in [9.17, 15) is 9.36 Å². The molecule has 0 saturated heterocycles. The first-order valence-corrected chi connectivity index (χ1v) is 6.70. The van der Waals surface area contributed by atoms with Gasteiger partial charge in [0.05, 0.1) is 0 Å². The van der Waals surface area contributed by atoms with Gasteiger partial charge in [0.2, 0.25) is 5.91 Å². The molecular formula is C14H15NO2P+. The van der Waals surface area contributed by atoms with Gasteiger partial charge in [-0.05, 0) is 24.3 Å². The van der Waals surface area contributed by atoms with Crippen LogP contribution in [0.25, 0.3) is 0 Å². The van der Waals surface area contributed by atoms with E-state index in [2.05, 4.69) is 5.73 Å². The first kappa shape index (κ1) is 14.1. The predicted molar refractivity (Wildman–Crippen MR) is 74.6 cm³/mol. The third kappa shape index (κ3) is 4.89. The highest BCUT2D eigenvalue weighted by molar-refractivity contribution is 7.61. The Balaban J connectivity index is 0.000000357. The largest absolute Gasteiger partial charge is 0.415 e. The molecule has 2 N–H and O–H groups in total. The summed E-state index contributed by atoms with van der Waals surface area (Å²) < 4.78 is 12.0. The molecule has 0 aliphatic carbocycles. The van der Waals surface area contributed by atoms with Crippen LogP contribution in [0, 0.1) is 0 Å². The van der Waals surface area contributed by atoms with Crippen molar-refractivity contribution in [2.24, 2.45) is 5.73 Å². The van der Waals surface area contributed by atoms with Gasteiger partial charge in [-0.25, -0.2) is 0 Å². The zero-order valence-electron chi connectivity index (χ0n) is 10.1. The number of nitrogens with two attached hydrogens (primary N) is 1. The number of hydrogen-bond acceptors (Lipinski definition) is 2. The van der Waals surface area contributed by atoms with E-state index in [0.29, 0.717) is 0 Å². The van der Waals surface area contributed by atoms with Crippen molar-refractivity contribution >= 4 is 24.3 Å². The fourth-order valence-corrected chi connectivity index (χ4v) is 2.46. The minimum absolute atomic E-state index is 0.333. The van der Waals surface area contributed by atoms with Crippen LogP contribution in [0.5, 0.6) is 0 Å². The van der Waals surface area contributed by atoms with Crippen molar-refractivity contribution in [2.45, 2.75) is 6.92 Å². The summed E-state index contributed by atoms with van der Waals surface area (Å²) >= 11 is 0. The van der Waals surface area contributed by atoms with Crippen LogP contribution in [0.3, 0.4) is 0 Å². The average Bonchev–Trinajstić information content (AvgIpc) is 2.39. The zero-order chi connectivity index (χ0) is 13.4. The number of carbonyl (C=O) groups is 1. The molecule has 3 nitrogen and oxygen atoms in total. The summed E-state index contributed by atoms with van der Waals surface area (Å²) in [7, 11) is -1.42. The topological polar surface area (TPSA) is 60.2 Å². The van der Waals surface area contributed by atoms with Gasteiger partial charge in [0.15, 0.2) is 10.6 Å². The van der Waals surface area contributed by atoms with Gasteiger partial charge in [-0.3, -0.25) is 4.79 Å². The number of primary amides is 1. The van der Waals surface area contributed by atoms with Crippen LogP contribution < -0.4 is 16.3 Å². The molecule has 1 amide bonds. The molecule has 0 radical (unpaired) electrons. The van der Waals surface area contributed by atoms with Crippen LogP contribution in [0.2, 0.25) is 0 Å². The fourth-order valence-electron chi connectivity index (χ4n) is 1.28. The molecule has 0 aromatic heterocycles. The molecule has 0 heterocycles. The minimum atomic E-state index is -1.42. The highest BCUT2D eigenvalue weighted by Crippen LogP contribution is 2.18. The van der Waals surface area contributed by atoms with Gasteiger partial charge in [0.25, 0.3) is 0 Å². The molecule has 0 bridgehead atoms. The Morgan fingerprint density at radius 2 is 1.17 bits per heavy atom. The molecule has 0 spiro atoms. The van der Waals surface area contributed by atoms with Crippen molar-refractivity contribution in [3.8, 4) is 0 Å². The standard InChI is InChI=1S/C12H10OP.C2H5NO/c13-14(11-7-3-1-4-8-11)12-9-5-2-6-10-12;1-2(3)4/h1-10H;1H3,(H2,3,4)/q+1;. The van der Waals surface area contributed by atoms with Gasteiger partial charge >= 0.3 is 7.80 Å². The highest BCUT2D eigenvalue weighted by Gasteiger charge is 2.21. The zero-order valence-corrected chi connectivity index (χ0v) is 11.0. The lowest BCUT2D eigenvalue weighted by molar-refractivity contribution is -0.115. The van der Waals surface area contributed by atoms with Crippen molar-refractivity contribution in [1.82, 2.24) is 0 Å². The maximum absolute atomic E-state index is 12.0. The second kappa shape index (κ2) is 7.36. The van der Waals surface area contributed by atoms with Crippen molar-refractivity contribution in [3.05, 3.63) is 60.7 Å². The van der Waals surface area contributed by atoms with Crippen molar-refractivity contribution in [1.29, 1.82) is 0 Å². The lowest BCUT2D eigenvalue weighted by atomic mass is 10.4. The fraction of sp³-hybridized carbons (Fsp3) is 0.0714. The van der Waals surface area contributed by atoms with Crippen molar-refractivity contribution in [3.63, 3.8) is 0 Å². The molecule has 2 aromatic rings. The molecular weight excluding hydrogens is 245 g/mol. The molecule has 4 heteroatoms. The van der Waals surface area contributed by atoms with E-state index >= 15 is 0 Å². The lowest BCUT2D eigenvalue weighted by Gasteiger charge is -1.87. The Bertz CT molecular complexity index is 466. The molecule has 0 saturated carbocycles. The number of rotatable bonds is 2. The Hall–Kier alpha value is -1.99. The lowest BCUT2D eigenvalue weighted by Crippen LogP contribution is -2.04. The SMILES string of the molecule is CC(N)=O.O=[P+](c1ccccc1)c1ccccc1. The second-order valence-electron chi connectivity index (χ2n) is 3.58. The average molecular weight is 260 g/mol. The summed E-state index contributed by atoms with van der Waals surface area (Å²) in [5.41, 5.74) is 4.47. The molecule has 0 atom stereocenters. The molecule has 0 unspecified atom stereocenters. The van der Waals surface area contributed by atoms with Gasteiger partial charge in [-0.1, -0.05) is 41.0 Å². The highest BCUT2D eigenvalue weighted by atomic mass is 31.1. The van der Waals surface area contributed by atoms with Gasteiger partial charge in [0.1, 0.15) is 0 Å². The van der Waals surface area contributed by atoms with Crippen molar-refractivity contribution in [2.75, 3.05) is 0 Å². The Morgan fingerprint density at radius 3 is 1.44 bits per heavy atom.